The van der Waals surface area contributed by atoms with Crippen molar-refractivity contribution in [3.05, 3.63) is 57.0 Å². The summed E-state index contributed by atoms with van der Waals surface area (Å²) in [5.74, 6) is -2.47. The second kappa shape index (κ2) is 6.45. The SMILES string of the molecule is O=C1C2C3CCCN3C3(C(=O)Nc4ccc(Cl)cc43)C2C(=O)N1c1cc(Cl)cc(Cl)c1. The van der Waals surface area contributed by atoms with E-state index < -0.39 is 23.3 Å². The first kappa shape index (κ1) is 19.6. The van der Waals surface area contributed by atoms with Crippen molar-refractivity contribution in [1.82, 2.24) is 4.90 Å². The standard InChI is InChI=1S/C22H16Cl3N3O3/c23-10-3-4-15-14(9-10)22(21(31)26-15)18-17(16-2-1-5-27(16)22)19(29)28(20(18)30)13-7-11(24)6-12(25)8-13/h3-4,6-9,16-18H,1-2,5H2,(H,26,31). The molecule has 1 N–H and O–H groups in total. The lowest BCUT2D eigenvalue weighted by Gasteiger charge is -2.36. The normalized spacial score (nSPS) is 31.4. The van der Waals surface area contributed by atoms with E-state index in [1.807, 2.05) is 0 Å². The zero-order valence-electron chi connectivity index (χ0n) is 16.1. The van der Waals surface area contributed by atoms with Gasteiger partial charge in [0.25, 0.3) is 0 Å². The number of fused-ring (bicyclic) bond motifs is 7. The van der Waals surface area contributed by atoms with Gasteiger partial charge >= 0.3 is 0 Å². The smallest absolute Gasteiger partial charge is 0.250 e. The van der Waals surface area contributed by atoms with E-state index in [0.29, 0.717) is 38.6 Å². The predicted molar refractivity (Wildman–Crippen MR) is 117 cm³/mol. The van der Waals surface area contributed by atoms with Crippen molar-refractivity contribution in [3.8, 4) is 0 Å². The summed E-state index contributed by atoms with van der Waals surface area (Å²) in [4.78, 5) is 44.2. The van der Waals surface area contributed by atoms with Gasteiger partial charge in [0.1, 0.15) is 5.54 Å². The van der Waals surface area contributed by atoms with E-state index in [0.717, 1.165) is 17.7 Å². The number of hydrogen-bond donors (Lipinski definition) is 1. The fraction of sp³-hybridized carbons (Fsp3) is 0.318. The van der Waals surface area contributed by atoms with Crippen LogP contribution < -0.4 is 10.2 Å². The minimum atomic E-state index is -1.25. The van der Waals surface area contributed by atoms with Gasteiger partial charge in [-0.05, 0) is 55.8 Å². The Hall–Kier alpha value is -2.12. The van der Waals surface area contributed by atoms with E-state index in [1.165, 1.54) is 0 Å². The molecule has 4 aliphatic heterocycles. The molecule has 0 aromatic heterocycles. The molecule has 0 saturated carbocycles. The first-order valence-corrected chi connectivity index (χ1v) is 11.2. The maximum atomic E-state index is 13.8. The first-order chi connectivity index (χ1) is 14.8. The fourth-order valence-electron chi connectivity index (χ4n) is 6.10. The third kappa shape index (κ3) is 2.36. The van der Waals surface area contributed by atoms with Gasteiger partial charge in [0.05, 0.1) is 17.5 Å². The lowest BCUT2D eigenvalue weighted by molar-refractivity contribution is -0.135. The van der Waals surface area contributed by atoms with Crippen LogP contribution in [0.5, 0.6) is 0 Å². The molecule has 3 amide bonds. The van der Waals surface area contributed by atoms with Crippen molar-refractivity contribution in [2.24, 2.45) is 11.8 Å². The second-order valence-electron chi connectivity index (χ2n) is 8.46. The van der Waals surface area contributed by atoms with E-state index in [1.54, 1.807) is 36.4 Å². The first-order valence-electron chi connectivity index (χ1n) is 10.1. The van der Waals surface area contributed by atoms with Crippen LogP contribution in [0, 0.1) is 11.8 Å². The summed E-state index contributed by atoms with van der Waals surface area (Å²) >= 11 is 18.6. The number of nitrogens with one attached hydrogen (secondary N) is 1. The molecule has 4 unspecified atom stereocenters. The molecule has 3 fully saturated rings. The largest absolute Gasteiger partial charge is 0.324 e. The molecule has 3 saturated heterocycles. The number of rotatable bonds is 1. The molecular weight excluding hydrogens is 461 g/mol. The highest BCUT2D eigenvalue weighted by Crippen LogP contribution is 2.61. The van der Waals surface area contributed by atoms with Crippen molar-refractivity contribution in [1.29, 1.82) is 0 Å². The van der Waals surface area contributed by atoms with Crippen molar-refractivity contribution >= 4 is 63.9 Å². The molecule has 4 aliphatic rings. The molecular formula is C22H16Cl3N3O3. The summed E-state index contributed by atoms with van der Waals surface area (Å²) in [5.41, 5.74) is 0.365. The van der Waals surface area contributed by atoms with Crippen LogP contribution in [0.25, 0.3) is 0 Å². The Morgan fingerprint density at radius 1 is 0.935 bits per heavy atom. The third-order valence-corrected chi connectivity index (χ3v) is 7.73. The molecule has 2 aromatic carbocycles. The van der Waals surface area contributed by atoms with Crippen LogP contribution >= 0.6 is 34.8 Å². The average molecular weight is 477 g/mol. The van der Waals surface area contributed by atoms with Gasteiger partial charge in [-0.1, -0.05) is 34.8 Å². The highest BCUT2D eigenvalue weighted by molar-refractivity contribution is 6.36. The van der Waals surface area contributed by atoms with Crippen LogP contribution in [0.2, 0.25) is 15.1 Å². The predicted octanol–water partition coefficient (Wildman–Crippen LogP) is 4.08. The molecule has 158 valence electrons. The van der Waals surface area contributed by atoms with Crippen LogP contribution in [0.1, 0.15) is 18.4 Å². The van der Waals surface area contributed by atoms with E-state index in [2.05, 4.69) is 10.2 Å². The highest BCUT2D eigenvalue weighted by atomic mass is 35.5. The van der Waals surface area contributed by atoms with E-state index in [4.69, 9.17) is 34.8 Å². The Labute approximate surface area is 193 Å². The molecule has 0 bridgehead atoms. The van der Waals surface area contributed by atoms with Gasteiger partial charge in [-0.15, -0.1) is 0 Å². The summed E-state index contributed by atoms with van der Waals surface area (Å²) in [6, 6.07) is 9.63. The Kier molecular flexibility index (Phi) is 4.07. The van der Waals surface area contributed by atoms with Gasteiger partial charge in [-0.25, -0.2) is 4.90 Å². The van der Waals surface area contributed by atoms with Gasteiger partial charge in [0, 0.05) is 32.4 Å². The summed E-state index contributed by atoms with van der Waals surface area (Å²) in [7, 11) is 0. The molecule has 0 radical (unpaired) electrons. The van der Waals surface area contributed by atoms with Crippen molar-refractivity contribution in [2.45, 2.75) is 24.4 Å². The maximum absolute atomic E-state index is 13.8. The number of halogens is 3. The monoisotopic (exact) mass is 475 g/mol. The average Bonchev–Trinajstić information content (AvgIpc) is 3.39. The van der Waals surface area contributed by atoms with Crippen molar-refractivity contribution < 1.29 is 14.4 Å². The Bertz CT molecular complexity index is 1180. The van der Waals surface area contributed by atoms with Crippen LogP contribution in [0.3, 0.4) is 0 Å². The molecule has 6 rings (SSSR count). The molecule has 6 nitrogen and oxygen atoms in total. The number of carbonyl (C=O) groups excluding carboxylic acids is 3. The highest BCUT2D eigenvalue weighted by Gasteiger charge is 2.74. The zero-order chi connectivity index (χ0) is 21.7. The van der Waals surface area contributed by atoms with Gasteiger partial charge in [0.2, 0.25) is 17.7 Å². The topological polar surface area (TPSA) is 69.7 Å². The maximum Gasteiger partial charge on any atom is 0.250 e. The van der Waals surface area contributed by atoms with Crippen LogP contribution in [0.4, 0.5) is 11.4 Å². The Morgan fingerprint density at radius 3 is 2.42 bits per heavy atom. The number of amides is 3. The summed E-state index contributed by atoms with van der Waals surface area (Å²) in [6.07, 6.45) is 1.60. The van der Waals surface area contributed by atoms with E-state index in [9.17, 15) is 14.4 Å². The number of carbonyl (C=O) groups is 3. The number of nitrogens with zero attached hydrogens (tertiary/aromatic N) is 2. The Balaban J connectivity index is 1.57. The lowest BCUT2D eigenvalue weighted by atomic mass is 9.75. The number of benzene rings is 2. The molecule has 31 heavy (non-hydrogen) atoms. The molecule has 2 aromatic rings. The molecule has 9 heteroatoms. The summed E-state index contributed by atoms with van der Waals surface area (Å²) in [5, 5.41) is 4.06. The minimum absolute atomic E-state index is 0.197. The summed E-state index contributed by atoms with van der Waals surface area (Å²) < 4.78 is 0. The fourth-order valence-corrected chi connectivity index (χ4v) is 6.78. The van der Waals surface area contributed by atoms with Crippen LogP contribution in [-0.4, -0.2) is 35.2 Å². The van der Waals surface area contributed by atoms with Gasteiger partial charge in [-0.3, -0.25) is 19.3 Å². The van der Waals surface area contributed by atoms with Gasteiger partial charge < -0.3 is 5.32 Å². The van der Waals surface area contributed by atoms with Crippen molar-refractivity contribution in [3.63, 3.8) is 0 Å². The summed E-state index contributed by atoms with van der Waals surface area (Å²) in [6.45, 7) is 0.639. The van der Waals surface area contributed by atoms with E-state index >= 15 is 0 Å². The molecule has 4 heterocycles. The quantitative estimate of drug-likeness (QED) is 0.630. The van der Waals surface area contributed by atoms with Crippen LogP contribution in [0.15, 0.2) is 36.4 Å². The van der Waals surface area contributed by atoms with E-state index in [-0.39, 0.29) is 17.9 Å². The number of anilines is 2. The minimum Gasteiger partial charge on any atom is -0.324 e. The molecule has 1 spiro atoms. The lowest BCUT2D eigenvalue weighted by Crippen LogP contribution is -2.54. The Morgan fingerprint density at radius 2 is 1.68 bits per heavy atom. The number of hydrogen-bond acceptors (Lipinski definition) is 4. The van der Waals surface area contributed by atoms with Gasteiger partial charge in [-0.2, -0.15) is 0 Å². The third-order valence-electron chi connectivity index (χ3n) is 7.06. The van der Waals surface area contributed by atoms with Gasteiger partial charge in [0.15, 0.2) is 0 Å². The number of imide groups is 1. The van der Waals surface area contributed by atoms with Crippen molar-refractivity contribution in [2.75, 3.05) is 16.8 Å². The molecule has 0 aliphatic carbocycles. The second-order valence-corrected chi connectivity index (χ2v) is 9.77. The molecule has 4 atom stereocenters. The van der Waals surface area contributed by atoms with Crippen LogP contribution in [-0.2, 0) is 19.9 Å². The zero-order valence-corrected chi connectivity index (χ0v) is 18.3.